The van der Waals surface area contributed by atoms with E-state index < -0.39 is 0 Å². The molecule has 0 unspecified atom stereocenters. The number of ketones is 1. The standard InChI is InChI=1S/C88H6.C8H11NO3/c1-3-5-7-9-11-13-15-17-19-21-23-25-27-29-31-33-35-37-39-41-43-45-47-49-51-53-55-57-59-61-63-65-67-69-71-73-75-77-79-81-83-85-87-88-86-84-82-80-78-76-74-72-70-68-66-64-62-60-58-56-54-52-50-48-46-44-42-40-38-36-34-32-30-28-26-24-22-20-18-16-14-12-10-8-6-4-2;1-6(10)4-5-9-7(11)2-3-8(9)12/h1-2H3;2-5H2,1H3. The quantitative estimate of drug-likeness (QED) is 0.317. The monoisotopic (exact) mass is 1230 g/mol. The van der Waals surface area contributed by atoms with Gasteiger partial charge in [-0.15, -0.1) is 0 Å². The van der Waals surface area contributed by atoms with Crippen molar-refractivity contribution in [1.29, 1.82) is 0 Å². The van der Waals surface area contributed by atoms with Gasteiger partial charge in [0.15, 0.2) is 0 Å². The lowest BCUT2D eigenvalue weighted by molar-refractivity contribution is -0.138. The first kappa shape index (κ1) is 79.9. The number of hydrogen-bond acceptors (Lipinski definition) is 3. The Morgan fingerprint density at radius 3 is 0.370 bits per heavy atom. The number of likely N-dealkylation sites (tertiary alicyclic amines) is 1. The molecule has 0 saturated carbocycles. The molecule has 1 fully saturated rings. The van der Waals surface area contributed by atoms with E-state index in [-0.39, 0.29) is 30.6 Å². The van der Waals surface area contributed by atoms with E-state index in [9.17, 15) is 14.4 Å². The second-order valence-corrected chi connectivity index (χ2v) is 13.9. The highest BCUT2D eigenvalue weighted by Crippen LogP contribution is 2.11. The molecule has 0 atom stereocenters. The zero-order chi connectivity index (χ0) is 71.9. The van der Waals surface area contributed by atoms with Crippen molar-refractivity contribution < 1.29 is 14.4 Å². The maximum atomic E-state index is 11.0. The molecule has 0 aromatic heterocycles. The van der Waals surface area contributed by atoms with E-state index in [2.05, 4.69) is 509 Å². The van der Waals surface area contributed by atoms with Crippen LogP contribution in [0.2, 0.25) is 0 Å². The molecular weight excluding hydrogens is 1220 g/mol. The predicted molar refractivity (Wildman–Crippen MR) is 387 cm³/mol. The predicted octanol–water partition coefficient (Wildman–Crippen LogP) is 1.29. The van der Waals surface area contributed by atoms with E-state index in [0.29, 0.717) is 12.8 Å². The summed E-state index contributed by atoms with van der Waals surface area (Å²) in [6.07, 6.45) is 0.880. The minimum Gasteiger partial charge on any atom is -0.300 e. The average molecular weight is 1230 g/mol. The molecule has 0 aliphatic carbocycles. The van der Waals surface area contributed by atoms with Crippen molar-refractivity contribution >= 4 is 17.6 Å². The number of carbonyl (C=O) groups is 3. The number of carbonyl (C=O) groups excluding carboxylic acids is 3. The molecule has 1 aliphatic heterocycles. The third-order valence-electron chi connectivity index (χ3n) is 7.28. The summed E-state index contributed by atoms with van der Waals surface area (Å²) in [6.45, 7) is 5.07. The third-order valence-corrected chi connectivity index (χ3v) is 7.28. The molecule has 1 rings (SSSR count). The van der Waals surface area contributed by atoms with Gasteiger partial charge in [0.25, 0.3) is 0 Å². The van der Waals surface area contributed by atoms with Gasteiger partial charge in [-0.2, -0.15) is 0 Å². The average Bonchev–Trinajstić information content (AvgIpc) is 1.80. The second kappa shape index (κ2) is 71.4. The molecule has 424 valence electrons. The van der Waals surface area contributed by atoms with Crippen LogP contribution in [-0.2, 0) is 14.4 Å². The van der Waals surface area contributed by atoms with Crippen molar-refractivity contribution in [1.82, 2.24) is 4.90 Å². The first-order valence-corrected chi connectivity index (χ1v) is 26.2. The van der Waals surface area contributed by atoms with Gasteiger partial charge in [-0.3, -0.25) is 19.3 Å². The van der Waals surface area contributed by atoms with E-state index in [1.54, 1.807) is 13.8 Å². The summed E-state index contributed by atoms with van der Waals surface area (Å²) in [4.78, 5) is 33.7. The molecule has 0 bridgehead atoms. The van der Waals surface area contributed by atoms with Crippen molar-refractivity contribution in [2.24, 2.45) is 0 Å². The van der Waals surface area contributed by atoms with E-state index in [1.165, 1.54) is 11.8 Å². The van der Waals surface area contributed by atoms with E-state index >= 15 is 0 Å². The molecule has 0 N–H and O–H groups in total. The van der Waals surface area contributed by atoms with Crippen LogP contribution in [0.25, 0.3) is 0 Å². The lowest BCUT2D eigenvalue weighted by Crippen LogP contribution is -2.30. The summed E-state index contributed by atoms with van der Waals surface area (Å²) in [6, 6.07) is 0. The van der Waals surface area contributed by atoms with Crippen LogP contribution in [0.1, 0.15) is 40.0 Å². The topological polar surface area (TPSA) is 54.5 Å². The number of amides is 2. The van der Waals surface area contributed by atoms with E-state index in [1.807, 2.05) is 0 Å². The number of nitrogens with zero attached hydrogens (tertiary/aromatic N) is 1. The number of rotatable bonds is 3. The van der Waals surface area contributed by atoms with Crippen LogP contribution in [0.15, 0.2) is 0 Å². The highest BCUT2D eigenvalue weighted by atomic mass is 16.2. The van der Waals surface area contributed by atoms with Crippen molar-refractivity contribution in [3.8, 4) is 509 Å². The van der Waals surface area contributed by atoms with Gasteiger partial charge in [0.1, 0.15) is 5.78 Å². The molecule has 1 aliphatic rings. The molecule has 0 aromatic rings. The van der Waals surface area contributed by atoms with Gasteiger partial charge in [0.2, 0.25) is 11.8 Å². The summed E-state index contributed by atoms with van der Waals surface area (Å²) in [5, 5.41) is 0. The number of imide groups is 1. The van der Waals surface area contributed by atoms with E-state index in [0.717, 1.165) is 0 Å². The first-order valence-electron chi connectivity index (χ1n) is 26.2. The van der Waals surface area contributed by atoms with Gasteiger partial charge in [-0.25, -0.2) is 0 Å². The minimum atomic E-state index is -0.152. The molecule has 1 saturated heterocycles. The molecule has 0 spiro atoms. The van der Waals surface area contributed by atoms with Crippen LogP contribution in [0.3, 0.4) is 0 Å². The molecular formula is C96H17NO3. The molecule has 0 radical (unpaired) electrons. The fourth-order valence-corrected chi connectivity index (χ4v) is 3.83. The Morgan fingerprint density at radius 1 is 0.200 bits per heavy atom. The summed E-state index contributed by atoms with van der Waals surface area (Å²) in [5.74, 6) is 215. The molecule has 0 aromatic carbocycles. The smallest absolute Gasteiger partial charge is 0.229 e. The van der Waals surface area contributed by atoms with Crippen molar-refractivity contribution in [3.63, 3.8) is 0 Å². The molecule has 4 nitrogen and oxygen atoms in total. The Labute approximate surface area is 589 Å². The Bertz CT molecular complexity index is 6160. The van der Waals surface area contributed by atoms with Crippen molar-refractivity contribution in [2.75, 3.05) is 6.54 Å². The molecule has 1 heterocycles. The fraction of sp³-hybridized carbons (Fsp3) is 0.0729. The van der Waals surface area contributed by atoms with Gasteiger partial charge in [-0.05, 0) is 115 Å². The van der Waals surface area contributed by atoms with Crippen LogP contribution in [0.4, 0.5) is 0 Å². The van der Waals surface area contributed by atoms with Crippen LogP contribution in [0, 0.1) is 509 Å². The molecule has 2 amide bonds. The van der Waals surface area contributed by atoms with E-state index in [4.69, 9.17) is 0 Å². The second-order valence-electron chi connectivity index (χ2n) is 13.9. The summed E-state index contributed by atoms with van der Waals surface area (Å²) in [5.41, 5.74) is 0. The Hall–Kier alpha value is -20.1. The summed E-state index contributed by atoms with van der Waals surface area (Å²) < 4.78 is 0. The molecule has 4 heteroatoms. The largest absolute Gasteiger partial charge is 0.300 e. The van der Waals surface area contributed by atoms with Gasteiger partial charge >= 0.3 is 0 Å². The zero-order valence-electron chi connectivity index (χ0n) is 52.0. The van der Waals surface area contributed by atoms with Crippen LogP contribution >= 0.6 is 0 Å². The summed E-state index contributed by atoms with van der Waals surface area (Å²) in [7, 11) is 0. The lowest BCUT2D eigenvalue weighted by atomic mass is 10.3. The third kappa shape index (κ3) is 67.0. The SMILES string of the molecule is CC#CC#CC#CC#CC#CC#CC#CC#CC#CC#CC#CC#CC#CC#CC#CC#CC#CC#CC#CC#CC#CC#CC#CC#CC#CC#CC#CC#CC#CC#CC#CC#CC#CC#CC#CC#CC#CC#CC#CC#CC#CC#CC#CC.CC(=O)CCN1C(=O)CCC1=O. The Kier molecular flexibility index (Phi) is 57.0. The van der Waals surface area contributed by atoms with Gasteiger partial charge in [0, 0.05) is 428 Å². The highest BCUT2D eigenvalue weighted by Gasteiger charge is 2.28. The van der Waals surface area contributed by atoms with Gasteiger partial charge in [-0.1, -0.05) is 11.8 Å². The van der Waals surface area contributed by atoms with Gasteiger partial charge < -0.3 is 0 Å². The highest BCUT2D eigenvalue weighted by molar-refractivity contribution is 6.02. The maximum absolute atomic E-state index is 11.0. The van der Waals surface area contributed by atoms with Crippen molar-refractivity contribution in [3.05, 3.63) is 0 Å². The summed E-state index contributed by atoms with van der Waals surface area (Å²) >= 11 is 0. The number of Topliss-reactive ketones (excluding diaryl/α,β-unsaturated/α-hetero) is 1. The fourth-order valence-electron chi connectivity index (χ4n) is 3.83. The van der Waals surface area contributed by atoms with Crippen LogP contribution in [-0.4, -0.2) is 29.0 Å². The number of hydrogen-bond donors (Lipinski definition) is 0. The normalized spacial score (nSPS) is 5.57. The maximum Gasteiger partial charge on any atom is 0.229 e. The minimum absolute atomic E-state index is 0.00231. The Morgan fingerprint density at radius 2 is 0.290 bits per heavy atom. The molecule has 100 heavy (non-hydrogen) atoms. The van der Waals surface area contributed by atoms with Crippen LogP contribution in [0.5, 0.6) is 0 Å². The zero-order valence-corrected chi connectivity index (χ0v) is 52.0. The first-order chi connectivity index (χ1) is 49.5. The lowest BCUT2D eigenvalue weighted by Gasteiger charge is -2.11. The van der Waals surface area contributed by atoms with Crippen molar-refractivity contribution in [2.45, 2.75) is 40.0 Å². The Balaban J connectivity index is 0.00000731. The van der Waals surface area contributed by atoms with Crippen LogP contribution < -0.4 is 0 Å². The van der Waals surface area contributed by atoms with Gasteiger partial charge in [0.05, 0.1) is 0 Å².